The molecule has 1 aromatic heterocycles. The van der Waals surface area contributed by atoms with E-state index in [-0.39, 0.29) is 0 Å². The Bertz CT molecular complexity index is 204. The highest BCUT2D eigenvalue weighted by molar-refractivity contribution is 9.10. The molecule has 0 aliphatic carbocycles. The fourth-order valence-electron chi connectivity index (χ4n) is 0.461. The van der Waals surface area contributed by atoms with Gasteiger partial charge in [0, 0.05) is 16.1 Å². The van der Waals surface area contributed by atoms with Crippen molar-refractivity contribution in [1.29, 1.82) is 0 Å². The largest absolute Gasteiger partial charge is 0.307 e. The van der Waals surface area contributed by atoms with Crippen LogP contribution >= 0.6 is 16.1 Å². The summed E-state index contributed by atoms with van der Waals surface area (Å²) in [5, 5.41) is 0. The van der Waals surface area contributed by atoms with Gasteiger partial charge in [-0.15, -0.1) is 0 Å². The van der Waals surface area contributed by atoms with Crippen molar-refractivity contribution in [2.24, 2.45) is 0 Å². The van der Waals surface area contributed by atoms with E-state index in [1.165, 1.54) is 6.07 Å². The lowest BCUT2D eigenvalue weighted by Crippen LogP contribution is -1.86. The number of anilines is 1. The molecule has 0 radical (unpaired) electrons. The Morgan fingerprint density at radius 1 is 1.56 bits per heavy atom. The number of pyridine rings is 1. The van der Waals surface area contributed by atoms with Gasteiger partial charge in [-0.05, 0) is 12.1 Å². The molecular formula is C5H4BrFN2. The van der Waals surface area contributed by atoms with E-state index in [4.69, 9.17) is 0 Å². The molecular weight excluding hydrogens is 187 g/mol. The van der Waals surface area contributed by atoms with Crippen LogP contribution in [-0.2, 0) is 0 Å². The molecule has 0 aromatic carbocycles. The molecule has 0 saturated carbocycles. The summed E-state index contributed by atoms with van der Waals surface area (Å²) in [4.78, 5) is 3.47. The SMILES string of the molecule is Fc1cccc(NBr)n1. The first-order chi connectivity index (χ1) is 4.33. The van der Waals surface area contributed by atoms with Crippen LogP contribution in [0, 0.1) is 5.95 Å². The molecule has 48 valence electrons. The van der Waals surface area contributed by atoms with Crippen molar-refractivity contribution in [3.63, 3.8) is 0 Å². The van der Waals surface area contributed by atoms with Crippen LogP contribution in [0.3, 0.4) is 0 Å². The monoisotopic (exact) mass is 190 g/mol. The zero-order valence-corrected chi connectivity index (χ0v) is 6.02. The van der Waals surface area contributed by atoms with Crippen LogP contribution in [0.15, 0.2) is 18.2 Å². The van der Waals surface area contributed by atoms with Crippen LogP contribution < -0.4 is 4.34 Å². The van der Waals surface area contributed by atoms with E-state index in [9.17, 15) is 4.39 Å². The molecule has 1 aromatic rings. The third kappa shape index (κ3) is 1.64. The lowest BCUT2D eigenvalue weighted by Gasteiger charge is -1.93. The zero-order chi connectivity index (χ0) is 6.69. The van der Waals surface area contributed by atoms with E-state index >= 15 is 0 Å². The Morgan fingerprint density at radius 3 is 2.78 bits per heavy atom. The number of nitrogens with one attached hydrogen (secondary N) is 1. The van der Waals surface area contributed by atoms with Crippen LogP contribution in [0.2, 0.25) is 0 Å². The molecule has 0 bridgehead atoms. The Morgan fingerprint density at radius 2 is 2.33 bits per heavy atom. The second kappa shape index (κ2) is 2.77. The standard InChI is InChI=1S/C5H4BrFN2/c6-9-5-3-1-2-4(7)8-5/h1-3H,(H,8,9). The maximum Gasteiger partial charge on any atom is 0.214 e. The second-order valence-electron chi connectivity index (χ2n) is 1.44. The van der Waals surface area contributed by atoms with Gasteiger partial charge in [0.1, 0.15) is 5.82 Å². The second-order valence-corrected chi connectivity index (χ2v) is 1.84. The Kier molecular flexibility index (Phi) is 2.00. The number of hydrogen-bond donors (Lipinski definition) is 1. The van der Waals surface area contributed by atoms with Crippen molar-refractivity contribution in [3.8, 4) is 0 Å². The minimum absolute atomic E-state index is 0.468. The highest BCUT2D eigenvalue weighted by Gasteiger charge is 1.90. The van der Waals surface area contributed by atoms with Crippen molar-refractivity contribution in [3.05, 3.63) is 24.1 Å². The van der Waals surface area contributed by atoms with Gasteiger partial charge in [-0.1, -0.05) is 6.07 Å². The predicted molar refractivity (Wildman–Crippen MR) is 36.7 cm³/mol. The van der Waals surface area contributed by atoms with Gasteiger partial charge in [-0.3, -0.25) is 0 Å². The van der Waals surface area contributed by atoms with Gasteiger partial charge >= 0.3 is 0 Å². The van der Waals surface area contributed by atoms with E-state index < -0.39 is 5.95 Å². The predicted octanol–water partition coefficient (Wildman–Crippen LogP) is 1.94. The minimum atomic E-state index is -0.487. The van der Waals surface area contributed by atoms with Crippen molar-refractivity contribution < 1.29 is 4.39 Å². The van der Waals surface area contributed by atoms with Gasteiger partial charge in [0.25, 0.3) is 0 Å². The van der Waals surface area contributed by atoms with Crippen LogP contribution in [0.25, 0.3) is 0 Å². The third-order valence-electron chi connectivity index (χ3n) is 0.812. The molecule has 1 heterocycles. The Balaban J connectivity index is 2.94. The van der Waals surface area contributed by atoms with Gasteiger partial charge in [-0.25, -0.2) is 4.98 Å². The summed E-state index contributed by atoms with van der Waals surface area (Å²) < 4.78 is 14.7. The maximum atomic E-state index is 12.2. The van der Waals surface area contributed by atoms with Gasteiger partial charge in [0.15, 0.2) is 0 Å². The van der Waals surface area contributed by atoms with Crippen LogP contribution in [-0.4, -0.2) is 4.98 Å². The van der Waals surface area contributed by atoms with E-state index in [1.807, 2.05) is 0 Å². The third-order valence-corrected chi connectivity index (χ3v) is 1.22. The van der Waals surface area contributed by atoms with E-state index in [1.54, 1.807) is 12.1 Å². The number of nitrogens with zero attached hydrogens (tertiary/aromatic N) is 1. The van der Waals surface area contributed by atoms with Crippen molar-refractivity contribution >= 4 is 22.0 Å². The van der Waals surface area contributed by atoms with Crippen molar-refractivity contribution in [1.82, 2.24) is 4.98 Å². The molecule has 0 fully saturated rings. The molecule has 0 atom stereocenters. The van der Waals surface area contributed by atoms with E-state index in [0.29, 0.717) is 5.82 Å². The fourth-order valence-corrected chi connectivity index (χ4v) is 0.682. The highest BCUT2D eigenvalue weighted by atomic mass is 79.9. The minimum Gasteiger partial charge on any atom is -0.307 e. The first-order valence-corrected chi connectivity index (χ1v) is 3.11. The van der Waals surface area contributed by atoms with Crippen molar-refractivity contribution in [2.45, 2.75) is 0 Å². The smallest absolute Gasteiger partial charge is 0.214 e. The number of halogens is 2. The van der Waals surface area contributed by atoms with Crippen LogP contribution in [0.5, 0.6) is 0 Å². The molecule has 0 unspecified atom stereocenters. The topological polar surface area (TPSA) is 24.9 Å². The average molecular weight is 191 g/mol. The summed E-state index contributed by atoms with van der Waals surface area (Å²) in [7, 11) is 0. The summed E-state index contributed by atoms with van der Waals surface area (Å²) in [5.41, 5.74) is 0. The number of hydrogen-bond acceptors (Lipinski definition) is 2. The van der Waals surface area contributed by atoms with Gasteiger partial charge in [-0.2, -0.15) is 4.39 Å². The highest BCUT2D eigenvalue weighted by Crippen LogP contribution is 2.04. The lowest BCUT2D eigenvalue weighted by atomic mass is 10.5. The Labute approximate surface area is 60.4 Å². The zero-order valence-electron chi connectivity index (χ0n) is 4.44. The summed E-state index contributed by atoms with van der Waals surface area (Å²) in [6, 6.07) is 4.51. The summed E-state index contributed by atoms with van der Waals surface area (Å²) in [6.07, 6.45) is 0. The van der Waals surface area contributed by atoms with Gasteiger partial charge in [0.05, 0.1) is 0 Å². The van der Waals surface area contributed by atoms with Crippen molar-refractivity contribution in [2.75, 3.05) is 4.34 Å². The van der Waals surface area contributed by atoms with Crippen LogP contribution in [0.1, 0.15) is 0 Å². The van der Waals surface area contributed by atoms with E-state index in [0.717, 1.165) is 0 Å². The van der Waals surface area contributed by atoms with E-state index in [2.05, 4.69) is 25.5 Å². The van der Waals surface area contributed by atoms with Gasteiger partial charge < -0.3 is 4.34 Å². The molecule has 0 aliphatic heterocycles. The first-order valence-electron chi connectivity index (χ1n) is 2.32. The quantitative estimate of drug-likeness (QED) is 0.541. The fraction of sp³-hybridized carbons (Fsp3) is 0. The van der Waals surface area contributed by atoms with Gasteiger partial charge in [0.2, 0.25) is 5.95 Å². The molecule has 0 aliphatic rings. The molecule has 9 heavy (non-hydrogen) atoms. The summed E-state index contributed by atoms with van der Waals surface area (Å²) in [6.45, 7) is 0. The molecule has 2 nitrogen and oxygen atoms in total. The molecule has 1 N–H and O–H groups in total. The lowest BCUT2D eigenvalue weighted by molar-refractivity contribution is 0.586. The number of rotatable bonds is 1. The van der Waals surface area contributed by atoms with Crippen LogP contribution in [0.4, 0.5) is 10.2 Å². The molecule has 4 heteroatoms. The first kappa shape index (κ1) is 6.48. The number of aromatic nitrogens is 1. The normalized spacial score (nSPS) is 9.11. The molecule has 0 saturated heterocycles. The molecule has 0 spiro atoms. The summed E-state index contributed by atoms with van der Waals surface area (Å²) >= 11 is 2.91. The Hall–Kier alpha value is -0.640. The average Bonchev–Trinajstić information content (AvgIpc) is 1.88. The molecule has 0 amide bonds. The maximum absolute atomic E-state index is 12.2. The summed E-state index contributed by atoms with van der Waals surface area (Å²) in [5.74, 6) is -0.0190. The molecule has 1 rings (SSSR count).